The third-order valence-electron chi connectivity index (χ3n) is 5.42. The van der Waals surface area contributed by atoms with Crippen molar-refractivity contribution in [2.24, 2.45) is 5.92 Å². The molecule has 0 fully saturated rings. The molecule has 0 saturated carbocycles. The summed E-state index contributed by atoms with van der Waals surface area (Å²) in [6.07, 6.45) is 5.12. The molecule has 0 saturated heterocycles. The highest BCUT2D eigenvalue weighted by Crippen LogP contribution is 2.51. The molecule has 3 atom stereocenters. The van der Waals surface area contributed by atoms with Crippen LogP contribution < -0.4 is 5.32 Å². The molecule has 6 nitrogen and oxygen atoms in total. The molecule has 144 valence electrons. The van der Waals surface area contributed by atoms with Gasteiger partial charge in [-0.1, -0.05) is 42.0 Å². The molecule has 0 radical (unpaired) electrons. The van der Waals surface area contributed by atoms with Crippen LogP contribution in [0.1, 0.15) is 46.8 Å². The predicted molar refractivity (Wildman–Crippen MR) is 107 cm³/mol. The summed E-state index contributed by atoms with van der Waals surface area (Å²) in [5, 5.41) is 14.9. The van der Waals surface area contributed by atoms with E-state index in [2.05, 4.69) is 17.5 Å². The van der Waals surface area contributed by atoms with Gasteiger partial charge in [0.05, 0.1) is 28.8 Å². The van der Waals surface area contributed by atoms with E-state index in [9.17, 15) is 14.9 Å². The number of anilines is 1. The predicted octanol–water partition coefficient (Wildman–Crippen LogP) is 5.25. The zero-order valence-electron chi connectivity index (χ0n) is 15.2. The summed E-state index contributed by atoms with van der Waals surface area (Å²) in [7, 11) is 0. The Kier molecular flexibility index (Phi) is 4.81. The Morgan fingerprint density at radius 2 is 2.18 bits per heavy atom. The molecule has 0 spiro atoms. The van der Waals surface area contributed by atoms with Crippen LogP contribution in [0, 0.1) is 16.0 Å². The van der Waals surface area contributed by atoms with Crippen LogP contribution in [0.3, 0.4) is 0 Å². The summed E-state index contributed by atoms with van der Waals surface area (Å²) < 4.78 is 5.21. The van der Waals surface area contributed by atoms with Gasteiger partial charge in [0.15, 0.2) is 0 Å². The number of fused-ring (bicyclic) bond motifs is 3. The summed E-state index contributed by atoms with van der Waals surface area (Å²) in [4.78, 5) is 23.3. The standard InChI is InChI=1S/C21H19ClN2O4/c1-2-28-21(25)16-8-4-7-15-13-5-3-6-14(13)19(23-20(15)16)12-9-10-17(22)18(11-12)24(26)27/h3-5,7-11,13-14,19,23H,2,6H2,1H3/t13-,14+,19+/m0/s1. The minimum absolute atomic E-state index is 0.110. The number of esters is 1. The normalized spacial score (nSPS) is 22.1. The Bertz CT molecular complexity index is 988. The molecule has 7 heteroatoms. The lowest BCUT2D eigenvalue weighted by Crippen LogP contribution is -2.30. The van der Waals surface area contributed by atoms with Gasteiger partial charge < -0.3 is 10.1 Å². The number of halogens is 1. The monoisotopic (exact) mass is 398 g/mol. The quantitative estimate of drug-likeness (QED) is 0.329. The molecule has 2 aliphatic rings. The molecule has 1 N–H and O–H groups in total. The maximum absolute atomic E-state index is 12.5. The zero-order chi connectivity index (χ0) is 19.8. The van der Waals surface area contributed by atoms with Gasteiger partial charge in [0, 0.05) is 12.0 Å². The van der Waals surface area contributed by atoms with Crippen molar-refractivity contribution in [3.8, 4) is 0 Å². The van der Waals surface area contributed by atoms with E-state index in [0.29, 0.717) is 12.2 Å². The number of rotatable bonds is 4. The number of nitrogens with one attached hydrogen (secondary N) is 1. The maximum atomic E-state index is 12.5. The summed E-state index contributed by atoms with van der Waals surface area (Å²) in [5.41, 5.74) is 2.92. The van der Waals surface area contributed by atoms with Crippen LogP contribution in [-0.2, 0) is 4.74 Å². The summed E-state index contributed by atoms with van der Waals surface area (Å²) >= 11 is 5.99. The van der Waals surface area contributed by atoms with Crippen molar-refractivity contribution in [3.05, 3.63) is 80.4 Å². The first-order valence-corrected chi connectivity index (χ1v) is 9.56. The minimum Gasteiger partial charge on any atom is -0.462 e. The number of benzene rings is 2. The van der Waals surface area contributed by atoms with Crippen molar-refractivity contribution in [2.75, 3.05) is 11.9 Å². The second-order valence-corrected chi connectivity index (χ2v) is 7.34. The first kappa shape index (κ1) is 18.5. The lowest BCUT2D eigenvalue weighted by molar-refractivity contribution is -0.384. The van der Waals surface area contributed by atoms with Gasteiger partial charge >= 0.3 is 5.97 Å². The fourth-order valence-electron chi connectivity index (χ4n) is 4.19. The lowest BCUT2D eigenvalue weighted by Gasteiger charge is -2.38. The Balaban J connectivity index is 1.80. The van der Waals surface area contributed by atoms with E-state index in [4.69, 9.17) is 16.3 Å². The molecule has 0 unspecified atom stereocenters. The van der Waals surface area contributed by atoms with Crippen LogP contribution in [0.4, 0.5) is 11.4 Å². The average molecular weight is 399 g/mol. The van der Waals surface area contributed by atoms with Crippen molar-refractivity contribution in [1.29, 1.82) is 0 Å². The number of nitro benzene ring substituents is 1. The van der Waals surface area contributed by atoms with E-state index in [1.165, 1.54) is 6.07 Å². The van der Waals surface area contributed by atoms with Crippen LogP contribution in [0.15, 0.2) is 48.6 Å². The number of nitrogens with zero attached hydrogens (tertiary/aromatic N) is 1. The first-order valence-electron chi connectivity index (χ1n) is 9.18. The number of carbonyl (C=O) groups is 1. The lowest BCUT2D eigenvalue weighted by atomic mass is 9.76. The maximum Gasteiger partial charge on any atom is 0.340 e. The minimum atomic E-state index is -0.475. The number of ether oxygens (including phenoxy) is 1. The zero-order valence-corrected chi connectivity index (χ0v) is 16.0. The van der Waals surface area contributed by atoms with Crippen molar-refractivity contribution in [3.63, 3.8) is 0 Å². The van der Waals surface area contributed by atoms with Gasteiger partial charge in [-0.3, -0.25) is 10.1 Å². The second kappa shape index (κ2) is 7.28. The van der Waals surface area contributed by atoms with Crippen molar-refractivity contribution < 1.29 is 14.5 Å². The molecule has 4 rings (SSSR count). The van der Waals surface area contributed by atoms with Crippen LogP contribution in [-0.4, -0.2) is 17.5 Å². The molecule has 1 heterocycles. The fourth-order valence-corrected chi connectivity index (χ4v) is 4.38. The molecular weight excluding hydrogens is 380 g/mol. The molecule has 0 amide bonds. The number of para-hydroxylation sites is 1. The number of hydrogen-bond donors (Lipinski definition) is 1. The highest BCUT2D eigenvalue weighted by molar-refractivity contribution is 6.32. The summed E-state index contributed by atoms with van der Waals surface area (Å²) in [6, 6.07) is 10.3. The number of nitro groups is 1. The molecule has 0 aromatic heterocycles. The molecule has 2 aromatic carbocycles. The number of allylic oxidation sites excluding steroid dienone is 2. The van der Waals surface area contributed by atoms with E-state index in [-0.39, 0.29) is 34.6 Å². The van der Waals surface area contributed by atoms with Gasteiger partial charge in [0.25, 0.3) is 5.69 Å². The molecule has 2 aromatic rings. The van der Waals surface area contributed by atoms with Crippen LogP contribution in [0.25, 0.3) is 0 Å². The van der Waals surface area contributed by atoms with E-state index < -0.39 is 4.92 Å². The Labute approximate surface area is 167 Å². The Morgan fingerprint density at radius 3 is 2.93 bits per heavy atom. The van der Waals surface area contributed by atoms with Crippen LogP contribution in [0.2, 0.25) is 5.02 Å². The van der Waals surface area contributed by atoms with E-state index in [0.717, 1.165) is 23.2 Å². The number of carbonyl (C=O) groups excluding carboxylic acids is 1. The molecule has 1 aliphatic heterocycles. The topological polar surface area (TPSA) is 81.5 Å². The average Bonchev–Trinajstić information content (AvgIpc) is 3.17. The van der Waals surface area contributed by atoms with Gasteiger partial charge in [-0.05, 0) is 42.5 Å². The fraction of sp³-hybridized carbons (Fsp3) is 0.286. The molecule has 0 bridgehead atoms. The van der Waals surface area contributed by atoms with Gasteiger partial charge in [0.2, 0.25) is 0 Å². The molecular formula is C21H19ClN2O4. The van der Waals surface area contributed by atoms with Crippen LogP contribution >= 0.6 is 11.6 Å². The molecule has 1 aliphatic carbocycles. The van der Waals surface area contributed by atoms with Gasteiger partial charge in [-0.15, -0.1) is 0 Å². The Hall–Kier alpha value is -2.86. The van der Waals surface area contributed by atoms with Crippen molar-refractivity contribution in [2.45, 2.75) is 25.3 Å². The van der Waals surface area contributed by atoms with Gasteiger partial charge in [-0.2, -0.15) is 0 Å². The smallest absolute Gasteiger partial charge is 0.340 e. The highest BCUT2D eigenvalue weighted by atomic mass is 35.5. The SMILES string of the molecule is CCOC(=O)c1cccc2c1N[C@H](c1ccc(Cl)c([N+](=O)[O-])c1)[C@@H]1CC=C[C@H]21. The van der Waals surface area contributed by atoms with E-state index in [1.54, 1.807) is 25.1 Å². The van der Waals surface area contributed by atoms with E-state index >= 15 is 0 Å². The first-order chi connectivity index (χ1) is 13.5. The van der Waals surface area contributed by atoms with Crippen molar-refractivity contribution >= 4 is 28.9 Å². The van der Waals surface area contributed by atoms with Gasteiger partial charge in [0.1, 0.15) is 5.02 Å². The van der Waals surface area contributed by atoms with E-state index in [1.807, 2.05) is 12.1 Å². The molecule has 28 heavy (non-hydrogen) atoms. The summed E-state index contributed by atoms with van der Waals surface area (Å²) in [6.45, 7) is 2.06. The van der Waals surface area contributed by atoms with Crippen LogP contribution in [0.5, 0.6) is 0 Å². The third kappa shape index (κ3) is 3.03. The summed E-state index contributed by atoms with van der Waals surface area (Å²) in [5.74, 6) is -0.0517. The van der Waals surface area contributed by atoms with Crippen molar-refractivity contribution in [1.82, 2.24) is 0 Å². The Morgan fingerprint density at radius 1 is 1.36 bits per heavy atom. The van der Waals surface area contributed by atoms with Gasteiger partial charge in [-0.25, -0.2) is 4.79 Å². The highest BCUT2D eigenvalue weighted by Gasteiger charge is 2.40. The third-order valence-corrected chi connectivity index (χ3v) is 5.74. The second-order valence-electron chi connectivity index (χ2n) is 6.93. The number of hydrogen-bond acceptors (Lipinski definition) is 5. The largest absolute Gasteiger partial charge is 0.462 e.